The number of carbonyl (C=O) groups is 1. The van der Waals surface area contributed by atoms with Crippen molar-refractivity contribution in [2.45, 2.75) is 30.7 Å². The van der Waals surface area contributed by atoms with E-state index in [1.807, 2.05) is 56.3 Å². The third kappa shape index (κ3) is 4.70. The normalized spacial score (nSPS) is 11.9. The van der Waals surface area contributed by atoms with Gasteiger partial charge in [-0.2, -0.15) is 4.68 Å². The lowest BCUT2D eigenvalue weighted by Gasteiger charge is -2.12. The van der Waals surface area contributed by atoms with E-state index in [1.165, 1.54) is 22.9 Å². The highest BCUT2D eigenvalue weighted by molar-refractivity contribution is 8.00. The van der Waals surface area contributed by atoms with Crippen LogP contribution in [-0.4, -0.2) is 37.9 Å². The fourth-order valence-corrected chi connectivity index (χ4v) is 3.26. The van der Waals surface area contributed by atoms with Crippen molar-refractivity contribution >= 4 is 17.7 Å². The first-order valence-electron chi connectivity index (χ1n) is 8.47. The molecule has 134 valence electrons. The summed E-state index contributed by atoms with van der Waals surface area (Å²) >= 11 is 1.35. The van der Waals surface area contributed by atoms with Crippen molar-refractivity contribution in [2.24, 2.45) is 0 Å². The van der Waals surface area contributed by atoms with Crippen molar-refractivity contribution < 1.29 is 4.79 Å². The number of amides is 1. The molecule has 1 amide bonds. The molecule has 6 nitrogen and oxygen atoms in total. The molecule has 0 bridgehead atoms. The number of aromatic nitrogens is 4. The third-order valence-electron chi connectivity index (χ3n) is 3.93. The molecule has 0 spiro atoms. The maximum absolute atomic E-state index is 12.3. The fraction of sp³-hybridized carbons (Fsp3) is 0.263. The molecule has 2 aromatic carbocycles. The van der Waals surface area contributed by atoms with Gasteiger partial charge in [0.25, 0.3) is 0 Å². The number of tetrazole rings is 1. The Morgan fingerprint density at radius 2 is 1.88 bits per heavy atom. The molecular formula is C19H21N5OS. The summed E-state index contributed by atoms with van der Waals surface area (Å²) in [4.78, 5) is 12.3. The lowest BCUT2D eigenvalue weighted by molar-refractivity contribution is -0.120. The van der Waals surface area contributed by atoms with Gasteiger partial charge in [0.05, 0.1) is 10.9 Å². The van der Waals surface area contributed by atoms with E-state index in [1.54, 1.807) is 4.68 Å². The zero-order valence-electron chi connectivity index (χ0n) is 14.8. The number of nitrogens with zero attached hydrogens (tertiary/aromatic N) is 4. The van der Waals surface area contributed by atoms with Crippen LogP contribution in [0.1, 0.15) is 18.1 Å². The van der Waals surface area contributed by atoms with Crippen molar-refractivity contribution in [3.63, 3.8) is 0 Å². The number of benzene rings is 2. The maximum Gasteiger partial charge on any atom is 0.233 e. The van der Waals surface area contributed by atoms with E-state index in [9.17, 15) is 4.79 Å². The molecule has 26 heavy (non-hydrogen) atoms. The first-order chi connectivity index (χ1) is 12.6. The van der Waals surface area contributed by atoms with Gasteiger partial charge in [-0.25, -0.2) is 0 Å². The minimum Gasteiger partial charge on any atom is -0.355 e. The highest BCUT2D eigenvalue weighted by atomic mass is 32.2. The molecule has 0 saturated carbocycles. The summed E-state index contributed by atoms with van der Waals surface area (Å²) in [6, 6.07) is 18.0. The molecule has 0 aliphatic rings. The average Bonchev–Trinajstić information content (AvgIpc) is 3.11. The van der Waals surface area contributed by atoms with E-state index in [2.05, 4.69) is 33.0 Å². The lowest BCUT2D eigenvalue weighted by atomic mass is 10.1. The van der Waals surface area contributed by atoms with Crippen molar-refractivity contribution in [2.75, 3.05) is 6.54 Å². The van der Waals surface area contributed by atoms with Crippen LogP contribution in [0.5, 0.6) is 0 Å². The lowest BCUT2D eigenvalue weighted by Crippen LogP contribution is -2.32. The first-order valence-corrected chi connectivity index (χ1v) is 9.35. The van der Waals surface area contributed by atoms with E-state index in [4.69, 9.17) is 0 Å². The van der Waals surface area contributed by atoms with E-state index in [-0.39, 0.29) is 11.2 Å². The molecule has 0 radical (unpaired) electrons. The summed E-state index contributed by atoms with van der Waals surface area (Å²) in [6.07, 6.45) is 0.811. The zero-order valence-corrected chi connectivity index (χ0v) is 15.6. The van der Waals surface area contributed by atoms with Gasteiger partial charge in [0.2, 0.25) is 11.1 Å². The molecule has 7 heteroatoms. The van der Waals surface area contributed by atoms with Crippen LogP contribution in [-0.2, 0) is 11.2 Å². The van der Waals surface area contributed by atoms with Crippen LogP contribution >= 0.6 is 11.8 Å². The molecule has 3 aromatic rings. The van der Waals surface area contributed by atoms with Crippen LogP contribution in [0.4, 0.5) is 0 Å². The van der Waals surface area contributed by atoms with Gasteiger partial charge in [-0.05, 0) is 48.4 Å². The average molecular weight is 367 g/mol. The quantitative estimate of drug-likeness (QED) is 0.650. The van der Waals surface area contributed by atoms with Crippen LogP contribution in [0.2, 0.25) is 0 Å². The van der Waals surface area contributed by atoms with Gasteiger partial charge in [-0.15, -0.1) is 5.10 Å². The fourth-order valence-electron chi connectivity index (χ4n) is 2.43. The Balaban J connectivity index is 1.56. The largest absolute Gasteiger partial charge is 0.355 e. The molecule has 0 unspecified atom stereocenters. The van der Waals surface area contributed by atoms with Gasteiger partial charge >= 0.3 is 0 Å². The molecule has 1 atom stereocenters. The van der Waals surface area contributed by atoms with Crippen LogP contribution in [0.3, 0.4) is 0 Å². The Morgan fingerprint density at radius 3 is 2.62 bits per heavy atom. The Bertz CT molecular complexity index is 848. The second-order valence-corrected chi connectivity index (χ2v) is 7.30. The third-order valence-corrected chi connectivity index (χ3v) is 4.96. The number of thioether (sulfide) groups is 1. The topological polar surface area (TPSA) is 72.7 Å². The molecule has 1 aromatic heterocycles. The summed E-state index contributed by atoms with van der Waals surface area (Å²) in [5, 5.41) is 15.1. The zero-order chi connectivity index (χ0) is 18.4. The van der Waals surface area contributed by atoms with E-state index in [0.29, 0.717) is 11.7 Å². The molecule has 1 N–H and O–H groups in total. The highest BCUT2D eigenvalue weighted by Gasteiger charge is 2.18. The van der Waals surface area contributed by atoms with Crippen molar-refractivity contribution in [3.8, 4) is 5.69 Å². The summed E-state index contributed by atoms with van der Waals surface area (Å²) < 4.78 is 1.65. The Morgan fingerprint density at radius 1 is 1.15 bits per heavy atom. The molecule has 0 aliphatic heterocycles. The molecule has 0 saturated heterocycles. The molecule has 3 rings (SSSR count). The summed E-state index contributed by atoms with van der Waals surface area (Å²) in [7, 11) is 0. The van der Waals surface area contributed by atoms with Crippen LogP contribution in [0.25, 0.3) is 5.69 Å². The molecular weight excluding hydrogens is 346 g/mol. The maximum atomic E-state index is 12.3. The number of carbonyl (C=O) groups excluding carboxylic acids is 1. The van der Waals surface area contributed by atoms with Crippen LogP contribution in [0, 0.1) is 6.92 Å². The molecule has 0 aliphatic carbocycles. The Labute approximate surface area is 157 Å². The first kappa shape index (κ1) is 18.1. The SMILES string of the molecule is Cc1ccc(-n2nnnc2S[C@H](C)C(=O)NCCc2ccccc2)cc1. The van der Waals surface area contributed by atoms with Gasteiger partial charge in [0, 0.05) is 6.54 Å². The number of hydrogen-bond donors (Lipinski definition) is 1. The standard InChI is InChI=1S/C19H21N5OS/c1-14-8-10-17(11-9-14)24-19(21-22-23-24)26-15(2)18(25)20-13-12-16-6-4-3-5-7-16/h3-11,15H,12-13H2,1-2H3,(H,20,25)/t15-/m1/s1. The second kappa shape index (κ2) is 8.62. The molecule has 0 fully saturated rings. The summed E-state index contributed by atoms with van der Waals surface area (Å²) in [5.74, 6) is -0.0237. The van der Waals surface area contributed by atoms with Gasteiger partial charge in [-0.3, -0.25) is 4.79 Å². The van der Waals surface area contributed by atoms with E-state index in [0.717, 1.165) is 12.1 Å². The minimum atomic E-state index is -0.291. The van der Waals surface area contributed by atoms with E-state index < -0.39 is 0 Å². The van der Waals surface area contributed by atoms with Crippen LogP contribution < -0.4 is 5.32 Å². The highest BCUT2D eigenvalue weighted by Crippen LogP contribution is 2.23. The smallest absolute Gasteiger partial charge is 0.233 e. The summed E-state index contributed by atoms with van der Waals surface area (Å²) in [6.45, 7) is 4.49. The Hall–Kier alpha value is -2.67. The monoisotopic (exact) mass is 367 g/mol. The van der Waals surface area contributed by atoms with E-state index >= 15 is 0 Å². The van der Waals surface area contributed by atoms with Crippen LogP contribution in [0.15, 0.2) is 59.8 Å². The number of nitrogens with one attached hydrogen (secondary N) is 1. The van der Waals surface area contributed by atoms with Gasteiger partial charge in [0.15, 0.2) is 0 Å². The minimum absolute atomic E-state index is 0.0237. The number of hydrogen-bond acceptors (Lipinski definition) is 5. The van der Waals surface area contributed by atoms with Crippen molar-refractivity contribution in [1.29, 1.82) is 0 Å². The number of aryl methyl sites for hydroxylation is 1. The van der Waals surface area contributed by atoms with Gasteiger partial charge in [-0.1, -0.05) is 59.8 Å². The predicted molar refractivity (Wildman–Crippen MR) is 102 cm³/mol. The van der Waals surface area contributed by atoms with Gasteiger partial charge in [0.1, 0.15) is 0 Å². The van der Waals surface area contributed by atoms with Crippen molar-refractivity contribution in [1.82, 2.24) is 25.5 Å². The summed E-state index contributed by atoms with van der Waals surface area (Å²) in [5.41, 5.74) is 3.25. The Kier molecular flexibility index (Phi) is 6.01. The van der Waals surface area contributed by atoms with Gasteiger partial charge < -0.3 is 5.32 Å². The molecule has 1 heterocycles. The van der Waals surface area contributed by atoms with Crippen molar-refractivity contribution in [3.05, 3.63) is 65.7 Å². The number of rotatable bonds is 7. The second-order valence-electron chi connectivity index (χ2n) is 6.00. The predicted octanol–water partition coefficient (Wildman–Crippen LogP) is 2.81.